The van der Waals surface area contributed by atoms with E-state index in [1.807, 2.05) is 30.3 Å². The van der Waals surface area contributed by atoms with Gasteiger partial charge in [-0.3, -0.25) is 0 Å². The first-order chi connectivity index (χ1) is 10.0. The summed E-state index contributed by atoms with van der Waals surface area (Å²) in [5.74, 6) is 0.897. The van der Waals surface area contributed by atoms with Crippen molar-refractivity contribution in [1.82, 2.24) is 0 Å². The fourth-order valence-electron chi connectivity index (χ4n) is 2.67. The van der Waals surface area contributed by atoms with E-state index in [1.54, 1.807) is 6.07 Å². The van der Waals surface area contributed by atoms with Crippen molar-refractivity contribution >= 4 is 21.6 Å². The molecule has 0 spiro atoms. The van der Waals surface area contributed by atoms with Crippen molar-refractivity contribution in [2.75, 3.05) is 5.32 Å². The molecule has 0 amide bonds. The molecule has 0 fully saturated rings. The summed E-state index contributed by atoms with van der Waals surface area (Å²) >= 11 is 3.45. The number of nitriles is 1. The molecule has 0 saturated carbocycles. The van der Waals surface area contributed by atoms with Crippen LogP contribution in [0.4, 0.5) is 5.69 Å². The van der Waals surface area contributed by atoms with Gasteiger partial charge in [0.05, 0.1) is 17.3 Å². The minimum Gasteiger partial charge on any atom is -0.485 e. The maximum Gasteiger partial charge on any atom is 0.128 e. The average Bonchev–Trinajstić information content (AvgIpc) is 2.70. The molecule has 0 bridgehead atoms. The average molecular weight is 343 g/mol. The van der Waals surface area contributed by atoms with Crippen LogP contribution in [0.1, 0.15) is 31.0 Å². The molecule has 106 valence electrons. The molecule has 1 atom stereocenters. The molecular formula is C17H15BrN2O. The zero-order valence-corrected chi connectivity index (χ0v) is 13.4. The van der Waals surface area contributed by atoms with Crippen molar-refractivity contribution < 1.29 is 4.74 Å². The van der Waals surface area contributed by atoms with Crippen LogP contribution in [0.3, 0.4) is 0 Å². The number of fused-ring (bicyclic) bond motifs is 1. The van der Waals surface area contributed by atoms with Gasteiger partial charge in [-0.2, -0.15) is 5.26 Å². The van der Waals surface area contributed by atoms with Crippen LogP contribution < -0.4 is 10.1 Å². The molecule has 4 heteroatoms. The predicted molar refractivity (Wildman–Crippen MR) is 86.4 cm³/mol. The molecule has 21 heavy (non-hydrogen) atoms. The molecule has 0 radical (unpaired) electrons. The van der Waals surface area contributed by atoms with E-state index >= 15 is 0 Å². The summed E-state index contributed by atoms with van der Waals surface area (Å²) in [5.41, 5.74) is 2.17. The van der Waals surface area contributed by atoms with Crippen molar-refractivity contribution in [3.05, 3.63) is 58.1 Å². The Hall–Kier alpha value is -1.99. The Morgan fingerprint density at radius 1 is 1.24 bits per heavy atom. The molecule has 3 nitrogen and oxygen atoms in total. The van der Waals surface area contributed by atoms with Crippen LogP contribution in [0.2, 0.25) is 0 Å². The lowest BCUT2D eigenvalue weighted by Crippen LogP contribution is -2.34. The number of para-hydroxylation sites is 1. The number of benzene rings is 2. The number of hydrogen-bond acceptors (Lipinski definition) is 3. The van der Waals surface area contributed by atoms with Crippen LogP contribution in [-0.4, -0.2) is 5.60 Å². The Morgan fingerprint density at radius 3 is 2.76 bits per heavy atom. The SMILES string of the molecule is CC1(C)Oc2ccccc2C1Nc1cc(Br)ccc1C#N. The molecule has 1 heterocycles. The third-order valence-electron chi connectivity index (χ3n) is 3.70. The van der Waals surface area contributed by atoms with Gasteiger partial charge in [0, 0.05) is 10.0 Å². The van der Waals surface area contributed by atoms with E-state index in [4.69, 9.17) is 4.74 Å². The van der Waals surface area contributed by atoms with E-state index < -0.39 is 0 Å². The minimum atomic E-state index is -0.376. The smallest absolute Gasteiger partial charge is 0.128 e. The van der Waals surface area contributed by atoms with Gasteiger partial charge in [-0.1, -0.05) is 34.1 Å². The number of rotatable bonds is 2. The molecule has 0 aromatic heterocycles. The number of ether oxygens (including phenoxy) is 1. The number of hydrogen-bond donors (Lipinski definition) is 1. The normalized spacial score (nSPS) is 18.5. The van der Waals surface area contributed by atoms with Gasteiger partial charge >= 0.3 is 0 Å². The third-order valence-corrected chi connectivity index (χ3v) is 4.19. The predicted octanol–water partition coefficient (Wildman–Crippen LogP) is 4.64. The standard InChI is InChI=1S/C17H15BrN2O/c1-17(2)16(13-5-3-4-6-15(13)21-17)20-14-9-12(18)8-7-11(14)10-19/h3-9,16,20H,1-2H3. The number of nitrogens with zero attached hydrogens (tertiary/aromatic N) is 1. The summed E-state index contributed by atoms with van der Waals surface area (Å²) in [6.07, 6.45) is 0. The second-order valence-corrected chi connectivity index (χ2v) is 6.54. The van der Waals surface area contributed by atoms with Gasteiger partial charge in [0.25, 0.3) is 0 Å². The lowest BCUT2D eigenvalue weighted by Gasteiger charge is -2.28. The number of nitrogens with one attached hydrogen (secondary N) is 1. The fraction of sp³-hybridized carbons (Fsp3) is 0.235. The Bertz CT molecular complexity index is 734. The van der Waals surface area contributed by atoms with Gasteiger partial charge in [0.1, 0.15) is 17.4 Å². The summed E-state index contributed by atoms with van der Waals surface area (Å²) in [6.45, 7) is 4.10. The highest BCUT2D eigenvalue weighted by Crippen LogP contribution is 2.44. The summed E-state index contributed by atoms with van der Waals surface area (Å²) in [7, 11) is 0. The van der Waals surface area contributed by atoms with E-state index in [0.29, 0.717) is 5.56 Å². The monoisotopic (exact) mass is 342 g/mol. The Kier molecular flexibility index (Phi) is 3.38. The zero-order valence-electron chi connectivity index (χ0n) is 11.9. The molecule has 1 aliphatic rings. The first-order valence-corrected chi connectivity index (χ1v) is 7.55. The van der Waals surface area contributed by atoms with E-state index in [2.05, 4.69) is 47.2 Å². The summed E-state index contributed by atoms with van der Waals surface area (Å²) in [4.78, 5) is 0. The maximum absolute atomic E-state index is 9.27. The van der Waals surface area contributed by atoms with Crippen LogP contribution in [0.5, 0.6) is 5.75 Å². The molecular weight excluding hydrogens is 328 g/mol. The molecule has 1 unspecified atom stereocenters. The largest absolute Gasteiger partial charge is 0.485 e. The highest BCUT2D eigenvalue weighted by atomic mass is 79.9. The van der Waals surface area contributed by atoms with Gasteiger partial charge in [0.2, 0.25) is 0 Å². The first-order valence-electron chi connectivity index (χ1n) is 6.75. The molecule has 2 aromatic carbocycles. The highest BCUT2D eigenvalue weighted by molar-refractivity contribution is 9.10. The van der Waals surface area contributed by atoms with Crippen LogP contribution >= 0.6 is 15.9 Å². The zero-order chi connectivity index (χ0) is 15.0. The second-order valence-electron chi connectivity index (χ2n) is 5.62. The maximum atomic E-state index is 9.27. The van der Waals surface area contributed by atoms with Gasteiger partial charge < -0.3 is 10.1 Å². The number of halogens is 1. The lowest BCUT2D eigenvalue weighted by atomic mass is 9.94. The van der Waals surface area contributed by atoms with Crippen molar-refractivity contribution in [3.63, 3.8) is 0 Å². The van der Waals surface area contributed by atoms with Crippen molar-refractivity contribution in [2.24, 2.45) is 0 Å². The lowest BCUT2D eigenvalue weighted by molar-refractivity contribution is 0.118. The van der Waals surface area contributed by atoms with Gasteiger partial charge in [-0.15, -0.1) is 0 Å². The molecule has 3 rings (SSSR count). The summed E-state index contributed by atoms with van der Waals surface area (Å²) in [5, 5.41) is 12.7. The van der Waals surface area contributed by atoms with Crippen LogP contribution in [0.25, 0.3) is 0 Å². The molecule has 2 aromatic rings. The molecule has 1 aliphatic heterocycles. The summed E-state index contributed by atoms with van der Waals surface area (Å²) < 4.78 is 6.96. The fourth-order valence-corrected chi connectivity index (χ4v) is 3.03. The van der Waals surface area contributed by atoms with Crippen molar-refractivity contribution in [1.29, 1.82) is 5.26 Å². The van der Waals surface area contributed by atoms with E-state index in [0.717, 1.165) is 21.5 Å². The summed E-state index contributed by atoms with van der Waals surface area (Å²) in [6, 6.07) is 15.8. The van der Waals surface area contributed by atoms with Crippen LogP contribution in [0, 0.1) is 11.3 Å². The molecule has 0 aliphatic carbocycles. The van der Waals surface area contributed by atoms with Crippen LogP contribution in [-0.2, 0) is 0 Å². The quantitative estimate of drug-likeness (QED) is 0.864. The Labute approximate surface area is 132 Å². The molecule has 1 N–H and O–H groups in total. The van der Waals surface area contributed by atoms with Crippen molar-refractivity contribution in [2.45, 2.75) is 25.5 Å². The highest BCUT2D eigenvalue weighted by Gasteiger charge is 2.41. The van der Waals surface area contributed by atoms with Gasteiger partial charge in [0.15, 0.2) is 0 Å². The minimum absolute atomic E-state index is 0.00454. The molecule has 0 saturated heterocycles. The van der Waals surface area contributed by atoms with Crippen LogP contribution in [0.15, 0.2) is 46.9 Å². The van der Waals surface area contributed by atoms with Gasteiger partial charge in [-0.05, 0) is 38.1 Å². The second kappa shape index (κ2) is 5.09. The number of anilines is 1. The van der Waals surface area contributed by atoms with E-state index in [-0.39, 0.29) is 11.6 Å². The van der Waals surface area contributed by atoms with E-state index in [9.17, 15) is 5.26 Å². The Morgan fingerprint density at radius 2 is 2.00 bits per heavy atom. The van der Waals surface area contributed by atoms with E-state index in [1.165, 1.54) is 0 Å². The van der Waals surface area contributed by atoms with Gasteiger partial charge in [-0.25, -0.2) is 0 Å². The third kappa shape index (κ3) is 2.50. The first kappa shape index (κ1) is 14.0. The topological polar surface area (TPSA) is 45.0 Å². The van der Waals surface area contributed by atoms with Crippen molar-refractivity contribution in [3.8, 4) is 11.8 Å². The Balaban J connectivity index is 2.02.